The number of benzene rings is 2. The van der Waals surface area contributed by atoms with Crippen molar-refractivity contribution in [3.05, 3.63) is 89.5 Å². The quantitative estimate of drug-likeness (QED) is 0.478. The van der Waals surface area contributed by atoms with Gasteiger partial charge < -0.3 is 9.88 Å². The number of allylic oxidation sites excluding steroid dienone is 1. The third kappa shape index (κ3) is 5.44. The Morgan fingerprint density at radius 2 is 1.73 bits per heavy atom. The van der Waals surface area contributed by atoms with E-state index in [4.69, 9.17) is 0 Å². The summed E-state index contributed by atoms with van der Waals surface area (Å²) in [6.45, 7) is 0. The van der Waals surface area contributed by atoms with Crippen LogP contribution in [0.3, 0.4) is 0 Å². The Kier molecular flexibility index (Phi) is 6.15. The molecule has 0 unspecified atom stereocenters. The van der Waals surface area contributed by atoms with Crippen molar-refractivity contribution in [2.75, 3.05) is 5.32 Å². The molecule has 3 rings (SSSR count). The maximum Gasteiger partial charge on any atom is 0.416 e. The number of aromatic nitrogens is 2. The molecule has 0 aliphatic heterocycles. The molecule has 0 radical (unpaired) electrons. The topological polar surface area (TPSA) is 64.0 Å². The summed E-state index contributed by atoms with van der Waals surface area (Å²) in [5.74, 6) is -0.228. The second-order valence-corrected chi connectivity index (χ2v) is 6.60. The van der Waals surface area contributed by atoms with Crippen LogP contribution in [-0.2, 0) is 24.4 Å². The number of hydrogen-bond donors (Lipinski definition) is 1. The van der Waals surface area contributed by atoms with E-state index in [2.05, 4.69) is 10.3 Å². The summed E-state index contributed by atoms with van der Waals surface area (Å²) in [6, 6.07) is 11.3. The third-order valence-corrected chi connectivity index (χ3v) is 4.31. The van der Waals surface area contributed by atoms with Crippen molar-refractivity contribution in [1.29, 1.82) is 0 Å². The largest absolute Gasteiger partial charge is 0.416 e. The highest BCUT2D eigenvalue weighted by molar-refractivity contribution is 6.04. The molecule has 2 aromatic carbocycles. The van der Waals surface area contributed by atoms with Crippen molar-refractivity contribution in [2.45, 2.75) is 12.6 Å². The summed E-state index contributed by atoms with van der Waals surface area (Å²) in [5.41, 5.74) is 1.03. The van der Waals surface area contributed by atoms with E-state index >= 15 is 0 Å². The van der Waals surface area contributed by atoms with E-state index in [0.29, 0.717) is 11.5 Å². The van der Waals surface area contributed by atoms with Crippen molar-refractivity contribution >= 4 is 23.5 Å². The molecule has 0 saturated carbocycles. The minimum atomic E-state index is -4.42. The highest BCUT2D eigenvalue weighted by atomic mass is 19.4. The molecule has 3 aromatic rings. The smallest absolute Gasteiger partial charge is 0.331 e. The normalized spacial score (nSPS) is 11.6. The number of alkyl halides is 3. The molecule has 0 aliphatic carbocycles. The number of carbonyl (C=O) groups is 2. The van der Waals surface area contributed by atoms with Gasteiger partial charge in [0.1, 0.15) is 0 Å². The fourth-order valence-corrected chi connectivity index (χ4v) is 2.73. The first-order valence-electron chi connectivity index (χ1n) is 8.98. The van der Waals surface area contributed by atoms with E-state index in [1.807, 2.05) is 0 Å². The maximum absolute atomic E-state index is 12.6. The number of ketones is 1. The van der Waals surface area contributed by atoms with E-state index < -0.39 is 11.7 Å². The van der Waals surface area contributed by atoms with E-state index in [9.17, 15) is 22.8 Å². The second kappa shape index (κ2) is 8.77. The minimum Gasteiger partial charge on any atom is -0.331 e. The zero-order chi connectivity index (χ0) is 21.7. The minimum absolute atomic E-state index is 0.0667. The molecule has 8 heteroatoms. The number of anilines is 1. The lowest BCUT2D eigenvalue weighted by Gasteiger charge is -2.09. The number of aryl methyl sites for hydroxylation is 1. The lowest BCUT2D eigenvalue weighted by Crippen LogP contribution is -2.14. The SMILES string of the molecule is Cn1ccnc1C(=O)/C=C/c1ccc(CC(=O)Nc2ccc(C(F)(F)F)cc2)cc1. The van der Waals surface area contributed by atoms with Crippen LogP contribution < -0.4 is 5.32 Å². The van der Waals surface area contributed by atoms with Crippen LogP contribution in [-0.4, -0.2) is 21.2 Å². The number of carbonyl (C=O) groups excluding carboxylic acids is 2. The van der Waals surface area contributed by atoms with E-state index in [1.54, 1.807) is 54.3 Å². The lowest BCUT2D eigenvalue weighted by molar-refractivity contribution is -0.137. The van der Waals surface area contributed by atoms with Crippen LogP contribution >= 0.6 is 0 Å². The van der Waals surface area contributed by atoms with Gasteiger partial charge >= 0.3 is 6.18 Å². The van der Waals surface area contributed by atoms with Crippen LogP contribution in [0.2, 0.25) is 0 Å². The maximum atomic E-state index is 12.6. The van der Waals surface area contributed by atoms with Crippen LogP contribution in [0.15, 0.2) is 67.0 Å². The Balaban J connectivity index is 1.56. The first-order valence-corrected chi connectivity index (χ1v) is 8.98. The van der Waals surface area contributed by atoms with Gasteiger partial charge in [-0.15, -0.1) is 0 Å². The second-order valence-electron chi connectivity index (χ2n) is 6.60. The Hall–Kier alpha value is -3.68. The van der Waals surface area contributed by atoms with Gasteiger partial charge in [-0.05, 0) is 41.5 Å². The Labute approximate surface area is 170 Å². The van der Waals surface area contributed by atoms with Crippen LogP contribution in [0.4, 0.5) is 18.9 Å². The molecule has 0 aliphatic rings. The predicted molar refractivity (Wildman–Crippen MR) is 107 cm³/mol. The summed E-state index contributed by atoms with van der Waals surface area (Å²) >= 11 is 0. The Morgan fingerprint density at radius 3 is 2.30 bits per heavy atom. The summed E-state index contributed by atoms with van der Waals surface area (Å²) in [4.78, 5) is 28.2. The number of imidazole rings is 1. The molecule has 0 saturated heterocycles. The molecular formula is C22H18F3N3O2. The molecule has 0 spiro atoms. The highest BCUT2D eigenvalue weighted by Crippen LogP contribution is 2.29. The first-order chi connectivity index (χ1) is 14.2. The van der Waals surface area contributed by atoms with Gasteiger partial charge in [-0.2, -0.15) is 13.2 Å². The number of nitrogens with zero attached hydrogens (tertiary/aromatic N) is 2. The molecule has 30 heavy (non-hydrogen) atoms. The van der Waals surface area contributed by atoms with E-state index in [-0.39, 0.29) is 18.1 Å². The number of nitrogens with one attached hydrogen (secondary N) is 1. The number of rotatable bonds is 6. The van der Waals surface area contributed by atoms with Gasteiger partial charge in [-0.1, -0.05) is 30.3 Å². The average Bonchev–Trinajstić information content (AvgIpc) is 3.13. The Bertz CT molecular complexity index is 1070. The van der Waals surface area contributed by atoms with Gasteiger partial charge in [-0.3, -0.25) is 9.59 Å². The number of hydrogen-bond acceptors (Lipinski definition) is 3. The number of halogens is 3. The molecule has 1 N–H and O–H groups in total. The summed E-state index contributed by atoms with van der Waals surface area (Å²) < 4.78 is 39.4. The standard InChI is InChI=1S/C22H18F3N3O2/c1-28-13-12-26-21(28)19(29)11-6-15-2-4-16(5-3-15)14-20(30)27-18-9-7-17(8-10-18)22(23,24)25/h2-13H,14H2,1H3,(H,27,30)/b11-6+. The van der Waals surface area contributed by atoms with Crippen molar-refractivity contribution in [3.63, 3.8) is 0 Å². The van der Waals surface area contributed by atoms with Crippen molar-refractivity contribution in [1.82, 2.24) is 9.55 Å². The molecule has 1 heterocycles. The lowest BCUT2D eigenvalue weighted by atomic mass is 10.1. The molecule has 5 nitrogen and oxygen atoms in total. The predicted octanol–water partition coefficient (Wildman–Crippen LogP) is 4.52. The highest BCUT2D eigenvalue weighted by Gasteiger charge is 2.29. The van der Waals surface area contributed by atoms with Gasteiger partial charge in [0.15, 0.2) is 5.82 Å². The summed E-state index contributed by atoms with van der Waals surface area (Å²) in [5, 5.41) is 2.57. The van der Waals surface area contributed by atoms with Crippen molar-refractivity contribution in [2.24, 2.45) is 7.05 Å². The fourth-order valence-electron chi connectivity index (χ4n) is 2.73. The zero-order valence-corrected chi connectivity index (χ0v) is 16.0. The Morgan fingerprint density at radius 1 is 1.07 bits per heavy atom. The van der Waals surface area contributed by atoms with Gasteiger partial charge in [0, 0.05) is 25.1 Å². The average molecular weight is 413 g/mol. The summed E-state index contributed by atoms with van der Waals surface area (Å²) in [7, 11) is 1.73. The zero-order valence-electron chi connectivity index (χ0n) is 16.0. The van der Waals surface area contributed by atoms with Crippen LogP contribution in [0.5, 0.6) is 0 Å². The third-order valence-electron chi connectivity index (χ3n) is 4.31. The molecule has 0 bridgehead atoms. The fraction of sp³-hybridized carbons (Fsp3) is 0.136. The van der Waals surface area contributed by atoms with Crippen LogP contribution in [0, 0.1) is 0 Å². The molecule has 1 aromatic heterocycles. The van der Waals surface area contributed by atoms with E-state index in [1.165, 1.54) is 18.2 Å². The summed E-state index contributed by atoms with van der Waals surface area (Å²) in [6.07, 6.45) is 1.97. The number of amides is 1. The van der Waals surface area contributed by atoms with Crippen molar-refractivity contribution in [3.8, 4) is 0 Å². The van der Waals surface area contributed by atoms with Crippen LogP contribution in [0.25, 0.3) is 6.08 Å². The van der Waals surface area contributed by atoms with E-state index in [0.717, 1.165) is 23.3 Å². The molecule has 1 amide bonds. The molecule has 154 valence electrons. The molecular weight excluding hydrogens is 395 g/mol. The van der Waals surface area contributed by atoms with Gasteiger partial charge in [0.25, 0.3) is 0 Å². The monoisotopic (exact) mass is 413 g/mol. The molecule has 0 fully saturated rings. The van der Waals surface area contributed by atoms with Crippen LogP contribution in [0.1, 0.15) is 27.3 Å². The van der Waals surface area contributed by atoms with Gasteiger partial charge in [0.2, 0.25) is 11.7 Å². The molecule has 0 atom stereocenters. The van der Waals surface area contributed by atoms with Gasteiger partial charge in [0.05, 0.1) is 12.0 Å². The van der Waals surface area contributed by atoms with Crippen molar-refractivity contribution < 1.29 is 22.8 Å². The van der Waals surface area contributed by atoms with Gasteiger partial charge in [-0.25, -0.2) is 4.98 Å². The first kappa shape index (κ1) is 21.0.